The van der Waals surface area contributed by atoms with Crippen molar-refractivity contribution in [1.29, 1.82) is 0 Å². The van der Waals surface area contributed by atoms with Gasteiger partial charge >= 0.3 is 0 Å². The SMILES string of the molecule is CNCC(=O)N(C)CC(=O)n1ccc2ccc(C)cc21. The number of nitrogens with zero attached hydrogens (tertiary/aromatic N) is 2. The van der Waals surface area contributed by atoms with E-state index >= 15 is 0 Å². The zero-order valence-corrected chi connectivity index (χ0v) is 12.0. The Morgan fingerprint density at radius 2 is 2.05 bits per heavy atom. The molecule has 5 heteroatoms. The monoisotopic (exact) mass is 273 g/mol. The Kier molecular flexibility index (Phi) is 4.20. The van der Waals surface area contributed by atoms with Crippen LogP contribution in [0.4, 0.5) is 0 Å². The first-order valence-corrected chi connectivity index (χ1v) is 6.52. The lowest BCUT2D eigenvalue weighted by molar-refractivity contribution is -0.128. The molecule has 1 heterocycles. The smallest absolute Gasteiger partial charge is 0.250 e. The van der Waals surface area contributed by atoms with Crippen molar-refractivity contribution in [2.45, 2.75) is 6.92 Å². The molecule has 5 nitrogen and oxygen atoms in total. The molecule has 2 rings (SSSR count). The minimum Gasteiger partial charge on any atom is -0.335 e. The molecular formula is C15H19N3O2. The van der Waals surface area contributed by atoms with Gasteiger partial charge in [0.25, 0.3) is 5.91 Å². The number of likely N-dealkylation sites (N-methyl/N-ethyl adjacent to an activating group) is 2. The molecule has 0 aliphatic heterocycles. The molecule has 0 aliphatic carbocycles. The second kappa shape index (κ2) is 5.88. The summed E-state index contributed by atoms with van der Waals surface area (Å²) in [5.41, 5.74) is 1.98. The van der Waals surface area contributed by atoms with Gasteiger partial charge in [-0.15, -0.1) is 0 Å². The lowest BCUT2D eigenvalue weighted by Crippen LogP contribution is -2.38. The Labute approximate surface area is 118 Å². The number of benzene rings is 1. The zero-order valence-electron chi connectivity index (χ0n) is 12.0. The molecule has 0 atom stereocenters. The fraction of sp³-hybridized carbons (Fsp3) is 0.333. The number of carbonyl (C=O) groups is 2. The summed E-state index contributed by atoms with van der Waals surface area (Å²) in [4.78, 5) is 25.4. The number of hydrogen-bond donors (Lipinski definition) is 1. The molecule has 1 aromatic carbocycles. The summed E-state index contributed by atoms with van der Waals surface area (Å²) in [6.07, 6.45) is 1.75. The van der Waals surface area contributed by atoms with Gasteiger partial charge in [0.15, 0.2) is 0 Å². The molecule has 0 spiro atoms. The third-order valence-corrected chi connectivity index (χ3v) is 3.24. The quantitative estimate of drug-likeness (QED) is 0.912. The minimum absolute atomic E-state index is 0.0677. The number of carbonyl (C=O) groups excluding carboxylic acids is 2. The fourth-order valence-corrected chi connectivity index (χ4v) is 2.11. The normalized spacial score (nSPS) is 10.8. The van der Waals surface area contributed by atoms with Crippen molar-refractivity contribution in [2.24, 2.45) is 0 Å². The second-order valence-corrected chi connectivity index (χ2v) is 4.92. The van der Waals surface area contributed by atoms with Crippen LogP contribution in [0.15, 0.2) is 30.5 Å². The van der Waals surface area contributed by atoms with Crippen molar-refractivity contribution in [1.82, 2.24) is 14.8 Å². The number of aromatic nitrogens is 1. The van der Waals surface area contributed by atoms with Crippen LogP contribution in [-0.2, 0) is 4.79 Å². The molecule has 0 fully saturated rings. The van der Waals surface area contributed by atoms with Gasteiger partial charge in [0.2, 0.25) is 5.91 Å². The van der Waals surface area contributed by atoms with E-state index in [0.29, 0.717) is 0 Å². The van der Waals surface area contributed by atoms with Crippen molar-refractivity contribution in [2.75, 3.05) is 27.2 Å². The van der Waals surface area contributed by atoms with Crippen molar-refractivity contribution >= 4 is 22.7 Å². The maximum Gasteiger partial charge on any atom is 0.250 e. The number of rotatable bonds is 4. The highest BCUT2D eigenvalue weighted by atomic mass is 16.2. The highest BCUT2D eigenvalue weighted by molar-refractivity contribution is 5.95. The first kappa shape index (κ1) is 14.3. The van der Waals surface area contributed by atoms with Crippen LogP contribution < -0.4 is 5.32 Å². The van der Waals surface area contributed by atoms with Crippen LogP contribution in [0.5, 0.6) is 0 Å². The lowest BCUT2D eigenvalue weighted by Gasteiger charge is -2.16. The Morgan fingerprint density at radius 1 is 1.30 bits per heavy atom. The Bertz CT molecular complexity index is 646. The molecule has 1 amide bonds. The summed E-state index contributed by atoms with van der Waals surface area (Å²) < 4.78 is 1.60. The third kappa shape index (κ3) is 2.88. The molecule has 0 saturated heterocycles. The zero-order chi connectivity index (χ0) is 14.7. The number of nitrogens with one attached hydrogen (secondary N) is 1. The summed E-state index contributed by atoms with van der Waals surface area (Å²) >= 11 is 0. The van der Waals surface area contributed by atoms with E-state index in [2.05, 4.69) is 5.32 Å². The van der Waals surface area contributed by atoms with Gasteiger partial charge in [-0.1, -0.05) is 12.1 Å². The molecule has 1 aromatic heterocycles. The maximum absolute atomic E-state index is 12.3. The number of aryl methyl sites for hydroxylation is 1. The first-order valence-electron chi connectivity index (χ1n) is 6.52. The van der Waals surface area contributed by atoms with E-state index in [0.717, 1.165) is 16.5 Å². The molecule has 1 N–H and O–H groups in total. The van der Waals surface area contributed by atoms with E-state index in [1.807, 2.05) is 31.2 Å². The number of amides is 1. The van der Waals surface area contributed by atoms with Gasteiger partial charge in [-0.05, 0) is 31.7 Å². The van der Waals surface area contributed by atoms with Crippen LogP contribution in [-0.4, -0.2) is 48.5 Å². The lowest BCUT2D eigenvalue weighted by atomic mass is 10.2. The van der Waals surface area contributed by atoms with Crippen LogP contribution in [0, 0.1) is 6.92 Å². The van der Waals surface area contributed by atoms with Crippen LogP contribution in [0.1, 0.15) is 10.4 Å². The highest BCUT2D eigenvalue weighted by Gasteiger charge is 2.15. The molecule has 106 valence electrons. The number of hydrogen-bond acceptors (Lipinski definition) is 3. The second-order valence-electron chi connectivity index (χ2n) is 4.92. The van der Waals surface area contributed by atoms with Gasteiger partial charge < -0.3 is 10.2 Å². The molecule has 2 aromatic rings. The van der Waals surface area contributed by atoms with Gasteiger partial charge in [-0.25, -0.2) is 0 Å². The predicted octanol–water partition coefficient (Wildman–Crippen LogP) is 1.27. The third-order valence-electron chi connectivity index (χ3n) is 3.24. The van der Waals surface area contributed by atoms with E-state index in [4.69, 9.17) is 0 Å². The van der Waals surface area contributed by atoms with E-state index in [1.165, 1.54) is 4.90 Å². The van der Waals surface area contributed by atoms with E-state index in [9.17, 15) is 9.59 Å². The number of fused-ring (bicyclic) bond motifs is 1. The van der Waals surface area contributed by atoms with E-state index in [1.54, 1.807) is 24.9 Å². The Balaban J connectivity index is 2.19. The average Bonchev–Trinajstić information content (AvgIpc) is 2.81. The van der Waals surface area contributed by atoms with Crippen molar-refractivity contribution in [3.05, 3.63) is 36.0 Å². The van der Waals surface area contributed by atoms with Gasteiger partial charge in [-0.2, -0.15) is 0 Å². The van der Waals surface area contributed by atoms with Crippen LogP contribution in [0.25, 0.3) is 10.9 Å². The summed E-state index contributed by atoms with van der Waals surface area (Å²) in [6, 6.07) is 7.88. The topological polar surface area (TPSA) is 54.3 Å². The standard InChI is InChI=1S/C15H19N3O2/c1-11-4-5-12-6-7-18(13(12)8-11)15(20)10-17(3)14(19)9-16-2/h4-8,16H,9-10H2,1-3H3. The molecule has 0 aliphatic rings. The summed E-state index contributed by atoms with van der Waals surface area (Å²) in [6.45, 7) is 2.29. The Hall–Kier alpha value is -2.14. The molecule has 0 saturated carbocycles. The first-order chi connectivity index (χ1) is 9.52. The van der Waals surface area contributed by atoms with E-state index < -0.39 is 0 Å². The van der Waals surface area contributed by atoms with Crippen molar-refractivity contribution in [3.63, 3.8) is 0 Å². The van der Waals surface area contributed by atoms with Crippen LogP contribution in [0.3, 0.4) is 0 Å². The summed E-state index contributed by atoms with van der Waals surface area (Å²) in [7, 11) is 3.34. The molecular weight excluding hydrogens is 254 g/mol. The highest BCUT2D eigenvalue weighted by Crippen LogP contribution is 2.17. The maximum atomic E-state index is 12.3. The van der Waals surface area contributed by atoms with Crippen LogP contribution in [0.2, 0.25) is 0 Å². The molecule has 0 unspecified atom stereocenters. The molecule has 0 radical (unpaired) electrons. The van der Waals surface area contributed by atoms with E-state index in [-0.39, 0.29) is 24.9 Å². The summed E-state index contributed by atoms with van der Waals surface area (Å²) in [5, 5.41) is 3.81. The minimum atomic E-state index is -0.113. The van der Waals surface area contributed by atoms with Crippen molar-refractivity contribution in [3.8, 4) is 0 Å². The fourth-order valence-electron chi connectivity index (χ4n) is 2.11. The summed E-state index contributed by atoms with van der Waals surface area (Å²) in [5.74, 6) is -0.217. The van der Waals surface area contributed by atoms with Gasteiger partial charge in [0.05, 0.1) is 12.1 Å². The largest absolute Gasteiger partial charge is 0.335 e. The van der Waals surface area contributed by atoms with Gasteiger partial charge in [0.1, 0.15) is 6.54 Å². The van der Waals surface area contributed by atoms with Crippen LogP contribution >= 0.6 is 0 Å². The predicted molar refractivity (Wildman–Crippen MR) is 78.9 cm³/mol. The van der Waals surface area contributed by atoms with Gasteiger partial charge in [-0.3, -0.25) is 14.2 Å². The molecule has 20 heavy (non-hydrogen) atoms. The molecule has 0 bridgehead atoms. The van der Waals surface area contributed by atoms with Crippen molar-refractivity contribution < 1.29 is 9.59 Å². The van der Waals surface area contributed by atoms with Gasteiger partial charge in [0, 0.05) is 18.6 Å². The average molecular weight is 273 g/mol. The Morgan fingerprint density at radius 3 is 2.75 bits per heavy atom.